The van der Waals surface area contributed by atoms with E-state index in [1.54, 1.807) is 34.6 Å². The third kappa shape index (κ3) is 4.49. The van der Waals surface area contributed by atoms with E-state index >= 15 is 0 Å². The van der Waals surface area contributed by atoms with Gasteiger partial charge in [0.05, 0.1) is 24.7 Å². The number of fused-ring (bicyclic) bond motifs is 1. The predicted octanol–water partition coefficient (Wildman–Crippen LogP) is 3.17. The maximum atomic E-state index is 13.0. The van der Waals surface area contributed by atoms with Gasteiger partial charge >= 0.3 is 17.9 Å². The normalized spacial score (nSPS) is 18.0. The quantitative estimate of drug-likeness (QED) is 0.431. The highest BCUT2D eigenvalue weighted by Gasteiger charge is 2.55. The van der Waals surface area contributed by atoms with Gasteiger partial charge in [0.25, 0.3) is 0 Å². The van der Waals surface area contributed by atoms with Gasteiger partial charge in [0.2, 0.25) is 0 Å². The van der Waals surface area contributed by atoms with Gasteiger partial charge in [-0.15, -0.1) is 0 Å². The first kappa shape index (κ1) is 20.9. The fourth-order valence-corrected chi connectivity index (χ4v) is 3.39. The minimum atomic E-state index is -1.57. The third-order valence-electron chi connectivity index (χ3n) is 4.51. The average molecular weight is 376 g/mol. The maximum Gasteiger partial charge on any atom is 0.324 e. The summed E-state index contributed by atoms with van der Waals surface area (Å²) < 4.78 is 16.0. The van der Waals surface area contributed by atoms with Crippen LogP contribution in [0.15, 0.2) is 24.3 Å². The second-order valence-corrected chi connectivity index (χ2v) is 7.37. The van der Waals surface area contributed by atoms with Crippen LogP contribution in [0, 0.1) is 5.41 Å². The number of esters is 3. The second-order valence-electron chi connectivity index (χ2n) is 7.37. The molecule has 1 aliphatic carbocycles. The Bertz CT molecular complexity index is 684. The number of carbonyl (C=O) groups excluding carboxylic acids is 3. The Kier molecular flexibility index (Phi) is 6.63. The first-order chi connectivity index (χ1) is 12.7. The Balaban J connectivity index is 2.54. The molecule has 1 atom stereocenters. The Hall–Kier alpha value is -2.37. The molecule has 0 N–H and O–H groups in total. The van der Waals surface area contributed by atoms with Crippen LogP contribution in [0.3, 0.4) is 0 Å². The van der Waals surface area contributed by atoms with Gasteiger partial charge in [0.15, 0.2) is 5.41 Å². The second kappa shape index (κ2) is 8.55. The zero-order chi connectivity index (χ0) is 20.2. The van der Waals surface area contributed by atoms with Crippen LogP contribution < -0.4 is 0 Å². The molecule has 1 unspecified atom stereocenters. The molecule has 148 valence electrons. The molecule has 6 heteroatoms. The van der Waals surface area contributed by atoms with Gasteiger partial charge in [0, 0.05) is 0 Å². The number of rotatable bonds is 6. The molecule has 6 nitrogen and oxygen atoms in total. The summed E-state index contributed by atoms with van der Waals surface area (Å²) in [6.07, 6.45) is -0.672. The molecule has 0 aliphatic heterocycles. The molecular weight excluding hydrogens is 348 g/mol. The van der Waals surface area contributed by atoms with E-state index in [1.807, 2.05) is 24.3 Å². The lowest BCUT2D eigenvalue weighted by Crippen LogP contribution is -2.49. The van der Waals surface area contributed by atoms with Crippen molar-refractivity contribution >= 4 is 17.9 Å². The van der Waals surface area contributed by atoms with Crippen LogP contribution in [0.2, 0.25) is 0 Å². The molecule has 0 bridgehead atoms. The summed E-state index contributed by atoms with van der Waals surface area (Å²) in [7, 11) is 0. The molecule has 0 amide bonds. The lowest BCUT2D eigenvalue weighted by molar-refractivity contribution is -0.179. The van der Waals surface area contributed by atoms with Crippen molar-refractivity contribution in [2.45, 2.75) is 65.6 Å². The monoisotopic (exact) mass is 376 g/mol. The van der Waals surface area contributed by atoms with Crippen molar-refractivity contribution in [2.75, 3.05) is 6.61 Å². The minimum Gasteiger partial charge on any atom is -0.466 e. The van der Waals surface area contributed by atoms with Gasteiger partial charge in [-0.3, -0.25) is 14.4 Å². The highest BCUT2D eigenvalue weighted by Crippen LogP contribution is 2.45. The summed E-state index contributed by atoms with van der Waals surface area (Å²) in [4.78, 5) is 38.6. The largest absolute Gasteiger partial charge is 0.466 e. The van der Waals surface area contributed by atoms with E-state index < -0.39 is 29.2 Å². The lowest BCUT2D eigenvalue weighted by atomic mass is 9.66. The molecule has 0 fully saturated rings. The minimum absolute atomic E-state index is 0.0278. The third-order valence-corrected chi connectivity index (χ3v) is 4.51. The van der Waals surface area contributed by atoms with Crippen molar-refractivity contribution in [3.05, 3.63) is 35.4 Å². The van der Waals surface area contributed by atoms with E-state index in [1.165, 1.54) is 0 Å². The molecule has 0 radical (unpaired) electrons. The molecule has 0 aromatic heterocycles. The van der Waals surface area contributed by atoms with Gasteiger partial charge < -0.3 is 14.2 Å². The van der Waals surface area contributed by atoms with Crippen LogP contribution in [0.25, 0.3) is 0 Å². The average Bonchev–Trinajstić information content (AvgIpc) is 2.59. The molecule has 0 heterocycles. The van der Waals surface area contributed by atoms with Crippen LogP contribution in [-0.2, 0) is 35.0 Å². The van der Waals surface area contributed by atoms with Crippen LogP contribution in [0.4, 0.5) is 0 Å². The smallest absolute Gasteiger partial charge is 0.324 e. The first-order valence-electron chi connectivity index (χ1n) is 9.37. The molecule has 2 rings (SSSR count). The molecule has 0 spiro atoms. The van der Waals surface area contributed by atoms with Crippen molar-refractivity contribution in [3.63, 3.8) is 0 Å². The van der Waals surface area contributed by atoms with E-state index in [9.17, 15) is 14.4 Å². The van der Waals surface area contributed by atoms with Crippen molar-refractivity contribution in [2.24, 2.45) is 5.41 Å². The standard InChI is InChI=1S/C21H28O6/c1-6-25-18(22)17-12-21(19(23)26-13(2)3,20(24)27-14(4)5)11-15-9-7-8-10-16(15)17/h7-10,13-14,17H,6,11-12H2,1-5H3. The van der Waals surface area contributed by atoms with E-state index in [0.29, 0.717) is 0 Å². The van der Waals surface area contributed by atoms with Crippen LogP contribution in [-0.4, -0.2) is 36.7 Å². The fourth-order valence-electron chi connectivity index (χ4n) is 3.39. The van der Waals surface area contributed by atoms with E-state index in [-0.39, 0.29) is 31.7 Å². The van der Waals surface area contributed by atoms with E-state index in [4.69, 9.17) is 14.2 Å². The number of hydrogen-bond donors (Lipinski definition) is 0. The lowest BCUT2D eigenvalue weighted by Gasteiger charge is -2.38. The van der Waals surface area contributed by atoms with Crippen molar-refractivity contribution in [3.8, 4) is 0 Å². The van der Waals surface area contributed by atoms with E-state index in [0.717, 1.165) is 11.1 Å². The Morgan fingerprint density at radius 3 is 2.11 bits per heavy atom. The summed E-state index contributed by atoms with van der Waals surface area (Å²) in [5.74, 6) is -2.50. The van der Waals surface area contributed by atoms with Crippen LogP contribution in [0.1, 0.15) is 58.1 Å². The first-order valence-corrected chi connectivity index (χ1v) is 9.37. The molecular formula is C21H28O6. The van der Waals surface area contributed by atoms with Gasteiger partial charge in [0.1, 0.15) is 0 Å². The van der Waals surface area contributed by atoms with Gasteiger partial charge in [-0.2, -0.15) is 0 Å². The number of carbonyl (C=O) groups is 3. The summed E-state index contributed by atoms with van der Waals surface area (Å²) in [5, 5.41) is 0. The van der Waals surface area contributed by atoms with Gasteiger partial charge in [-0.05, 0) is 58.6 Å². The highest BCUT2D eigenvalue weighted by atomic mass is 16.6. The molecule has 1 aromatic rings. The van der Waals surface area contributed by atoms with Crippen LogP contribution in [0.5, 0.6) is 0 Å². The Labute approximate surface area is 160 Å². The molecule has 0 saturated carbocycles. The Morgan fingerprint density at radius 1 is 1.04 bits per heavy atom. The SMILES string of the molecule is CCOC(=O)C1CC(C(=O)OC(C)C)(C(=O)OC(C)C)Cc2ccccc21. The molecule has 27 heavy (non-hydrogen) atoms. The fraction of sp³-hybridized carbons (Fsp3) is 0.571. The molecule has 0 saturated heterocycles. The zero-order valence-corrected chi connectivity index (χ0v) is 16.6. The predicted molar refractivity (Wildman–Crippen MR) is 99.0 cm³/mol. The summed E-state index contributed by atoms with van der Waals surface area (Å²) >= 11 is 0. The molecule has 1 aromatic carbocycles. The van der Waals surface area contributed by atoms with E-state index in [2.05, 4.69) is 0 Å². The number of benzene rings is 1. The molecule has 1 aliphatic rings. The summed E-state index contributed by atoms with van der Waals surface area (Å²) in [5.41, 5.74) is -0.0372. The number of ether oxygens (including phenoxy) is 3. The highest BCUT2D eigenvalue weighted by molar-refractivity contribution is 6.02. The van der Waals surface area contributed by atoms with Crippen molar-refractivity contribution < 1.29 is 28.6 Å². The van der Waals surface area contributed by atoms with Gasteiger partial charge in [-0.1, -0.05) is 24.3 Å². The van der Waals surface area contributed by atoms with Crippen molar-refractivity contribution in [1.29, 1.82) is 0 Å². The Morgan fingerprint density at radius 2 is 1.59 bits per heavy atom. The summed E-state index contributed by atoms with van der Waals surface area (Å²) in [6, 6.07) is 7.30. The summed E-state index contributed by atoms with van der Waals surface area (Å²) in [6.45, 7) is 8.83. The van der Waals surface area contributed by atoms with Crippen molar-refractivity contribution in [1.82, 2.24) is 0 Å². The zero-order valence-electron chi connectivity index (χ0n) is 16.6. The van der Waals surface area contributed by atoms with Crippen LogP contribution >= 0.6 is 0 Å². The maximum absolute atomic E-state index is 13.0. The number of hydrogen-bond acceptors (Lipinski definition) is 6. The van der Waals surface area contributed by atoms with Gasteiger partial charge in [-0.25, -0.2) is 0 Å². The topological polar surface area (TPSA) is 78.9 Å².